The highest BCUT2D eigenvalue weighted by molar-refractivity contribution is 5.77. The van der Waals surface area contributed by atoms with Crippen LogP contribution >= 0.6 is 0 Å². The summed E-state index contributed by atoms with van der Waals surface area (Å²) in [6.07, 6.45) is -1.11. The number of carbonyl (C=O) groups excluding carboxylic acids is 1. The Kier molecular flexibility index (Phi) is 3.34. The maximum atomic E-state index is 12.8. The van der Waals surface area contributed by atoms with Crippen LogP contribution in [0.15, 0.2) is 24.3 Å². The molecule has 0 aromatic heterocycles. The fourth-order valence-corrected chi connectivity index (χ4v) is 3.35. The Morgan fingerprint density at radius 2 is 1.90 bits per heavy atom. The molecule has 0 radical (unpaired) electrons. The van der Waals surface area contributed by atoms with Crippen LogP contribution in [-0.4, -0.2) is 18.1 Å². The van der Waals surface area contributed by atoms with E-state index in [4.69, 9.17) is 0 Å². The lowest BCUT2D eigenvalue weighted by molar-refractivity contribution is -0.137. The summed E-state index contributed by atoms with van der Waals surface area (Å²) in [5, 5.41) is 5.71. The molecule has 114 valence electrons. The summed E-state index contributed by atoms with van der Waals surface area (Å²) < 4.78 is 38.3. The Bertz CT molecular complexity index is 548. The minimum atomic E-state index is -4.30. The Morgan fingerprint density at radius 3 is 2.48 bits per heavy atom. The molecule has 1 aromatic rings. The second kappa shape index (κ2) is 4.93. The fraction of sp³-hybridized carbons (Fsp3) is 0.533. The van der Waals surface area contributed by atoms with Gasteiger partial charge in [0, 0.05) is 6.54 Å². The zero-order chi connectivity index (χ0) is 15.1. The normalized spacial score (nSPS) is 29.3. The average Bonchev–Trinajstić information content (AvgIpc) is 2.80. The molecule has 2 aliphatic rings. The van der Waals surface area contributed by atoms with Crippen LogP contribution < -0.4 is 10.6 Å². The van der Waals surface area contributed by atoms with Crippen LogP contribution in [0.5, 0.6) is 0 Å². The summed E-state index contributed by atoms with van der Waals surface area (Å²) in [6.45, 7) is 0.612. The van der Waals surface area contributed by atoms with E-state index < -0.39 is 11.7 Å². The van der Waals surface area contributed by atoms with Crippen molar-refractivity contribution in [3.63, 3.8) is 0 Å². The summed E-state index contributed by atoms with van der Waals surface area (Å²) in [5.74, 6) is 0.135. The van der Waals surface area contributed by atoms with Gasteiger partial charge in [-0.2, -0.15) is 13.2 Å². The van der Waals surface area contributed by atoms with Crippen molar-refractivity contribution in [3.05, 3.63) is 35.4 Å². The molecule has 0 bridgehead atoms. The van der Waals surface area contributed by atoms with Crippen molar-refractivity contribution in [1.29, 1.82) is 0 Å². The second-order valence-corrected chi connectivity index (χ2v) is 5.99. The average molecular weight is 298 g/mol. The molecule has 21 heavy (non-hydrogen) atoms. The van der Waals surface area contributed by atoms with Gasteiger partial charge in [0.25, 0.3) is 0 Å². The van der Waals surface area contributed by atoms with Crippen molar-refractivity contribution in [2.75, 3.05) is 6.54 Å². The lowest BCUT2D eigenvalue weighted by atomic mass is 9.74. The summed E-state index contributed by atoms with van der Waals surface area (Å²) >= 11 is 0. The van der Waals surface area contributed by atoms with Crippen molar-refractivity contribution >= 4 is 6.03 Å². The van der Waals surface area contributed by atoms with Gasteiger partial charge in [-0.15, -0.1) is 0 Å². The van der Waals surface area contributed by atoms with Crippen molar-refractivity contribution in [1.82, 2.24) is 10.6 Å². The predicted octanol–water partition coefficient (Wildman–Crippen LogP) is 3.41. The first-order valence-corrected chi connectivity index (χ1v) is 7.11. The first-order valence-electron chi connectivity index (χ1n) is 7.11. The third-order valence-corrected chi connectivity index (χ3v) is 4.59. The molecule has 2 N–H and O–H groups in total. The molecule has 1 aromatic carbocycles. The van der Waals surface area contributed by atoms with Gasteiger partial charge in [0.1, 0.15) is 0 Å². The molecular formula is C15H17F3N2O. The number of nitrogens with one attached hydrogen (secondary N) is 2. The largest absolute Gasteiger partial charge is 0.416 e. The summed E-state index contributed by atoms with van der Waals surface area (Å²) in [5.41, 5.74) is -0.0389. The Morgan fingerprint density at radius 1 is 1.19 bits per heavy atom. The molecule has 2 amide bonds. The number of alkyl halides is 3. The zero-order valence-electron chi connectivity index (χ0n) is 11.5. The molecule has 1 spiro atoms. The first kappa shape index (κ1) is 14.2. The van der Waals surface area contributed by atoms with Gasteiger partial charge in [-0.3, -0.25) is 0 Å². The van der Waals surface area contributed by atoms with E-state index in [-0.39, 0.29) is 17.5 Å². The third kappa shape index (κ3) is 2.84. The highest BCUT2D eigenvalue weighted by Gasteiger charge is 2.41. The van der Waals surface area contributed by atoms with E-state index in [1.165, 1.54) is 12.1 Å². The standard InChI is InChI=1S/C15H17F3N2O/c16-15(17,18)12-3-1-2-11(8-12)10-4-6-14(7-5-10)9-19-13(21)20-14/h1-3,8,10H,4-7,9H2,(H2,19,20,21). The fourth-order valence-electron chi connectivity index (χ4n) is 3.35. The Hall–Kier alpha value is -1.72. The van der Waals surface area contributed by atoms with Crippen molar-refractivity contribution in [2.24, 2.45) is 0 Å². The molecule has 0 atom stereocenters. The van der Waals surface area contributed by atoms with Crippen molar-refractivity contribution < 1.29 is 18.0 Å². The SMILES string of the molecule is O=C1NCC2(CCC(c3cccc(C(F)(F)F)c3)CC2)N1. The van der Waals surface area contributed by atoms with Gasteiger partial charge in [0.2, 0.25) is 0 Å². The maximum Gasteiger partial charge on any atom is 0.416 e. The minimum Gasteiger partial charge on any atom is -0.336 e. The first-order chi connectivity index (χ1) is 9.88. The maximum absolute atomic E-state index is 12.8. The van der Waals surface area contributed by atoms with Crippen LogP contribution in [0.4, 0.5) is 18.0 Å². The van der Waals surface area contributed by atoms with Gasteiger partial charge in [-0.1, -0.05) is 18.2 Å². The molecule has 1 aliphatic carbocycles. The molecule has 6 heteroatoms. The molecule has 1 saturated carbocycles. The van der Waals surface area contributed by atoms with Crippen molar-refractivity contribution in [2.45, 2.75) is 43.3 Å². The minimum absolute atomic E-state index is 0.135. The number of rotatable bonds is 1. The number of amides is 2. The van der Waals surface area contributed by atoms with Gasteiger partial charge < -0.3 is 10.6 Å². The van der Waals surface area contributed by atoms with Crippen LogP contribution in [-0.2, 0) is 6.18 Å². The van der Waals surface area contributed by atoms with E-state index in [0.29, 0.717) is 6.54 Å². The zero-order valence-corrected chi connectivity index (χ0v) is 11.5. The van der Waals surface area contributed by atoms with Gasteiger partial charge in [0.05, 0.1) is 11.1 Å². The van der Waals surface area contributed by atoms with E-state index in [2.05, 4.69) is 10.6 Å². The predicted molar refractivity (Wildman–Crippen MR) is 71.9 cm³/mol. The van der Waals surface area contributed by atoms with Crippen LogP contribution in [0.1, 0.15) is 42.7 Å². The molecule has 0 unspecified atom stereocenters. The number of halogens is 3. The van der Waals surface area contributed by atoms with Crippen LogP contribution in [0.3, 0.4) is 0 Å². The summed E-state index contributed by atoms with van der Waals surface area (Å²) in [4.78, 5) is 11.3. The topological polar surface area (TPSA) is 41.1 Å². The van der Waals surface area contributed by atoms with Crippen LogP contribution in [0.2, 0.25) is 0 Å². The van der Waals surface area contributed by atoms with Gasteiger partial charge in [-0.25, -0.2) is 4.79 Å². The number of urea groups is 1. The molecule has 1 heterocycles. The molecule has 3 nitrogen and oxygen atoms in total. The number of hydrogen-bond donors (Lipinski definition) is 2. The molecular weight excluding hydrogens is 281 g/mol. The Balaban J connectivity index is 1.71. The lowest BCUT2D eigenvalue weighted by Gasteiger charge is -2.36. The molecule has 1 aliphatic heterocycles. The lowest BCUT2D eigenvalue weighted by Crippen LogP contribution is -2.46. The number of hydrogen-bond acceptors (Lipinski definition) is 1. The van der Waals surface area contributed by atoms with E-state index in [1.807, 2.05) is 0 Å². The third-order valence-electron chi connectivity index (χ3n) is 4.59. The number of benzene rings is 1. The summed E-state index contributed by atoms with van der Waals surface area (Å²) in [6, 6.07) is 5.46. The number of carbonyl (C=O) groups is 1. The molecule has 1 saturated heterocycles. The van der Waals surface area contributed by atoms with Crippen LogP contribution in [0, 0.1) is 0 Å². The van der Waals surface area contributed by atoms with E-state index >= 15 is 0 Å². The van der Waals surface area contributed by atoms with E-state index in [0.717, 1.165) is 37.3 Å². The van der Waals surface area contributed by atoms with Crippen LogP contribution in [0.25, 0.3) is 0 Å². The molecule has 2 fully saturated rings. The van der Waals surface area contributed by atoms with Gasteiger partial charge in [-0.05, 0) is 43.2 Å². The van der Waals surface area contributed by atoms with Gasteiger partial charge >= 0.3 is 12.2 Å². The van der Waals surface area contributed by atoms with E-state index in [1.54, 1.807) is 6.07 Å². The second-order valence-electron chi connectivity index (χ2n) is 5.99. The quantitative estimate of drug-likeness (QED) is 0.819. The summed E-state index contributed by atoms with van der Waals surface area (Å²) in [7, 11) is 0. The monoisotopic (exact) mass is 298 g/mol. The van der Waals surface area contributed by atoms with E-state index in [9.17, 15) is 18.0 Å². The highest BCUT2D eigenvalue weighted by Crippen LogP contribution is 2.40. The molecule has 3 rings (SSSR count). The Labute approximate surface area is 120 Å². The smallest absolute Gasteiger partial charge is 0.336 e. The highest BCUT2D eigenvalue weighted by atomic mass is 19.4. The van der Waals surface area contributed by atoms with Crippen molar-refractivity contribution in [3.8, 4) is 0 Å². The van der Waals surface area contributed by atoms with Gasteiger partial charge in [0.15, 0.2) is 0 Å².